The van der Waals surface area contributed by atoms with Crippen molar-refractivity contribution in [1.29, 1.82) is 0 Å². The van der Waals surface area contributed by atoms with Crippen LogP contribution in [0.3, 0.4) is 0 Å². The molecule has 0 amide bonds. The molecular weight excluding hydrogens is 435 g/mol. The number of halogens is 2. The monoisotopic (exact) mass is 454 g/mol. The van der Waals surface area contributed by atoms with Gasteiger partial charge in [-0.2, -0.15) is 10.2 Å². The van der Waals surface area contributed by atoms with Gasteiger partial charge in [-0.3, -0.25) is 9.36 Å². The summed E-state index contributed by atoms with van der Waals surface area (Å²) in [6, 6.07) is 16.2. The summed E-state index contributed by atoms with van der Waals surface area (Å²) in [5.41, 5.74) is 3.27. The van der Waals surface area contributed by atoms with Gasteiger partial charge in [-0.15, -0.1) is 0 Å². The summed E-state index contributed by atoms with van der Waals surface area (Å²) in [5, 5.41) is 16.1. The number of rotatable bonds is 6. The molecule has 0 aliphatic heterocycles. The lowest BCUT2D eigenvalue weighted by atomic mass is 10.2. The highest BCUT2D eigenvalue weighted by molar-refractivity contribution is 7.80. The summed E-state index contributed by atoms with van der Waals surface area (Å²) in [7, 11) is 0. The third kappa shape index (κ3) is 5.48. The van der Waals surface area contributed by atoms with Crippen molar-refractivity contribution in [1.82, 2.24) is 19.6 Å². The summed E-state index contributed by atoms with van der Waals surface area (Å²) >= 11 is 11.4. The third-order valence-electron chi connectivity index (χ3n) is 4.63. The number of benzene rings is 2. The molecule has 0 aliphatic carbocycles. The van der Waals surface area contributed by atoms with Crippen LogP contribution in [0.25, 0.3) is 0 Å². The van der Waals surface area contributed by atoms with Crippen molar-refractivity contribution in [3.8, 4) is 0 Å². The van der Waals surface area contributed by atoms with Crippen molar-refractivity contribution >= 4 is 40.4 Å². The number of nitrogens with zero attached hydrogens (tertiary/aromatic N) is 4. The molecule has 9 heteroatoms. The molecule has 0 radical (unpaired) electrons. The molecule has 0 bridgehead atoms. The molecule has 2 aromatic heterocycles. The van der Waals surface area contributed by atoms with E-state index in [4.69, 9.17) is 23.8 Å². The first-order valence-electron chi connectivity index (χ1n) is 9.59. The van der Waals surface area contributed by atoms with Crippen molar-refractivity contribution in [3.05, 3.63) is 94.7 Å². The van der Waals surface area contributed by atoms with Crippen molar-refractivity contribution in [2.75, 3.05) is 10.6 Å². The van der Waals surface area contributed by atoms with Gasteiger partial charge in [0.25, 0.3) is 0 Å². The maximum Gasteiger partial charge on any atom is 0.176 e. The fraction of sp³-hybridized carbons (Fsp3) is 0.136. The first-order chi connectivity index (χ1) is 15.0. The van der Waals surface area contributed by atoms with Crippen molar-refractivity contribution in [2.45, 2.75) is 20.0 Å². The van der Waals surface area contributed by atoms with Gasteiger partial charge in [0.15, 0.2) is 10.9 Å². The van der Waals surface area contributed by atoms with E-state index < -0.39 is 0 Å². The van der Waals surface area contributed by atoms with Crippen LogP contribution in [0, 0.1) is 12.7 Å². The standard InChI is InChI=1S/C22H20ClFN6S/c1-15-9-21(28-30(15)13-17-6-2-3-8-20(17)24)27-22(31)26-19-11-25-29(14-19)12-16-5-4-7-18(23)10-16/h2-11,14H,12-13H2,1H3,(H2,26,27,28,31). The van der Waals surface area contributed by atoms with Crippen LogP contribution < -0.4 is 10.6 Å². The average Bonchev–Trinajstić information content (AvgIpc) is 3.29. The molecule has 0 spiro atoms. The van der Waals surface area contributed by atoms with E-state index in [9.17, 15) is 4.39 Å². The van der Waals surface area contributed by atoms with Gasteiger partial charge < -0.3 is 10.6 Å². The molecule has 0 aliphatic rings. The van der Waals surface area contributed by atoms with Crippen LogP contribution in [-0.2, 0) is 13.1 Å². The number of aryl methyl sites for hydroxylation is 1. The van der Waals surface area contributed by atoms with Gasteiger partial charge in [0.1, 0.15) is 5.82 Å². The highest BCUT2D eigenvalue weighted by Crippen LogP contribution is 2.15. The maximum atomic E-state index is 13.9. The Bertz CT molecular complexity index is 1220. The number of hydrogen-bond acceptors (Lipinski definition) is 3. The Morgan fingerprint density at radius 2 is 1.94 bits per heavy atom. The van der Waals surface area contributed by atoms with Gasteiger partial charge in [-0.25, -0.2) is 4.39 Å². The van der Waals surface area contributed by atoms with Crippen LogP contribution in [0.1, 0.15) is 16.8 Å². The summed E-state index contributed by atoms with van der Waals surface area (Å²) in [5.74, 6) is 0.330. The van der Waals surface area contributed by atoms with Crippen LogP contribution in [0.4, 0.5) is 15.9 Å². The molecule has 0 saturated heterocycles. The first kappa shape index (κ1) is 21.0. The predicted octanol–water partition coefficient (Wildman–Crippen LogP) is 5.09. The highest BCUT2D eigenvalue weighted by Gasteiger charge is 2.09. The second-order valence-corrected chi connectivity index (χ2v) is 7.90. The Hall–Kier alpha value is -3.23. The number of thiocarbonyl (C=S) groups is 1. The van der Waals surface area contributed by atoms with E-state index in [1.807, 2.05) is 49.5 Å². The zero-order valence-electron chi connectivity index (χ0n) is 16.7. The van der Waals surface area contributed by atoms with Gasteiger partial charge in [-0.1, -0.05) is 41.9 Å². The Labute approximate surface area is 189 Å². The highest BCUT2D eigenvalue weighted by atomic mass is 35.5. The van der Waals surface area contributed by atoms with Crippen molar-refractivity contribution in [2.24, 2.45) is 0 Å². The number of aromatic nitrogens is 4. The van der Waals surface area contributed by atoms with Gasteiger partial charge in [0, 0.05) is 28.5 Å². The minimum Gasteiger partial charge on any atom is -0.330 e. The Kier molecular flexibility index (Phi) is 6.29. The number of hydrogen-bond donors (Lipinski definition) is 2. The second-order valence-electron chi connectivity index (χ2n) is 7.06. The molecular formula is C22H20ClFN6S. The van der Waals surface area contributed by atoms with Gasteiger partial charge >= 0.3 is 0 Å². The quantitative estimate of drug-likeness (QED) is 0.397. The SMILES string of the molecule is Cc1cc(NC(=S)Nc2cnn(Cc3cccc(Cl)c3)c2)nn1Cc1ccccc1F. The van der Waals surface area contributed by atoms with E-state index in [-0.39, 0.29) is 5.82 Å². The Morgan fingerprint density at radius 3 is 2.74 bits per heavy atom. The molecule has 4 rings (SSSR count). The van der Waals surface area contributed by atoms with E-state index in [2.05, 4.69) is 20.8 Å². The molecule has 0 fully saturated rings. The van der Waals surface area contributed by atoms with E-state index >= 15 is 0 Å². The third-order valence-corrected chi connectivity index (χ3v) is 5.06. The Balaban J connectivity index is 1.36. The minimum absolute atomic E-state index is 0.251. The molecule has 2 N–H and O–H groups in total. The molecule has 31 heavy (non-hydrogen) atoms. The fourth-order valence-corrected chi connectivity index (χ4v) is 3.57. The summed E-state index contributed by atoms with van der Waals surface area (Å²) in [6.07, 6.45) is 3.55. The largest absolute Gasteiger partial charge is 0.330 e. The van der Waals surface area contributed by atoms with Crippen LogP contribution in [0.15, 0.2) is 67.0 Å². The lowest BCUT2D eigenvalue weighted by Gasteiger charge is -2.07. The van der Waals surface area contributed by atoms with Gasteiger partial charge in [0.2, 0.25) is 0 Å². The average molecular weight is 455 g/mol. The molecule has 0 atom stereocenters. The van der Waals surface area contributed by atoms with E-state index in [1.54, 1.807) is 27.7 Å². The molecule has 2 aromatic carbocycles. The fourth-order valence-electron chi connectivity index (χ4n) is 3.13. The van der Waals surface area contributed by atoms with Crippen LogP contribution in [0.2, 0.25) is 5.02 Å². The van der Waals surface area contributed by atoms with Crippen molar-refractivity contribution in [3.63, 3.8) is 0 Å². The predicted molar refractivity (Wildman–Crippen MR) is 125 cm³/mol. The van der Waals surface area contributed by atoms with E-state index in [0.717, 1.165) is 16.9 Å². The van der Waals surface area contributed by atoms with E-state index in [0.29, 0.717) is 34.6 Å². The topological polar surface area (TPSA) is 59.7 Å². The first-order valence-corrected chi connectivity index (χ1v) is 10.4. The van der Waals surface area contributed by atoms with Gasteiger partial charge in [-0.05, 0) is 42.9 Å². The van der Waals surface area contributed by atoms with Crippen molar-refractivity contribution < 1.29 is 4.39 Å². The summed E-state index contributed by atoms with van der Waals surface area (Å²) < 4.78 is 17.4. The smallest absolute Gasteiger partial charge is 0.176 e. The molecule has 4 aromatic rings. The summed E-state index contributed by atoms with van der Waals surface area (Å²) in [6.45, 7) is 2.86. The van der Waals surface area contributed by atoms with Gasteiger partial charge in [0.05, 0.1) is 25.0 Å². The van der Waals surface area contributed by atoms with E-state index in [1.165, 1.54) is 6.07 Å². The molecule has 2 heterocycles. The van der Waals surface area contributed by atoms with Crippen LogP contribution in [-0.4, -0.2) is 24.7 Å². The maximum absolute atomic E-state index is 13.9. The Morgan fingerprint density at radius 1 is 1.10 bits per heavy atom. The minimum atomic E-state index is -0.251. The molecule has 158 valence electrons. The second kappa shape index (κ2) is 9.28. The number of nitrogens with one attached hydrogen (secondary N) is 2. The normalized spacial score (nSPS) is 10.8. The lowest BCUT2D eigenvalue weighted by Crippen LogP contribution is -2.19. The molecule has 6 nitrogen and oxygen atoms in total. The zero-order valence-corrected chi connectivity index (χ0v) is 18.3. The lowest BCUT2D eigenvalue weighted by molar-refractivity contribution is 0.581. The number of anilines is 2. The molecule has 0 unspecified atom stereocenters. The molecule has 0 saturated carbocycles. The zero-order chi connectivity index (χ0) is 21.8. The summed E-state index contributed by atoms with van der Waals surface area (Å²) in [4.78, 5) is 0. The van der Waals surface area contributed by atoms with Crippen LogP contribution >= 0.6 is 23.8 Å². The van der Waals surface area contributed by atoms with Crippen LogP contribution in [0.5, 0.6) is 0 Å².